The molecule has 0 spiro atoms. The summed E-state index contributed by atoms with van der Waals surface area (Å²) in [4.78, 5) is 3.27. The van der Waals surface area contributed by atoms with Crippen molar-refractivity contribution in [1.82, 2.24) is 9.55 Å². The van der Waals surface area contributed by atoms with E-state index in [1.165, 1.54) is 0 Å². The van der Waals surface area contributed by atoms with Crippen molar-refractivity contribution in [3.8, 4) is 0 Å². The third-order valence-corrected chi connectivity index (χ3v) is 4.30. The first-order chi connectivity index (χ1) is 9.65. The van der Waals surface area contributed by atoms with Crippen LogP contribution in [0.1, 0.15) is 25.1 Å². The van der Waals surface area contributed by atoms with Gasteiger partial charge in [-0.2, -0.15) is 0 Å². The molecule has 3 aromatic rings. The minimum atomic E-state index is 0.322. The number of nitrogens with one attached hydrogen (secondary N) is 1. The third-order valence-electron chi connectivity index (χ3n) is 3.51. The van der Waals surface area contributed by atoms with E-state index in [4.69, 9.17) is 16.6 Å². The predicted octanol–water partition coefficient (Wildman–Crippen LogP) is 5.25. The lowest BCUT2D eigenvalue weighted by Crippen LogP contribution is -2.06. The Morgan fingerprint density at radius 2 is 2.25 bits per heavy atom. The normalized spacial score (nSPS) is 12.9. The Morgan fingerprint density at radius 3 is 3.00 bits per heavy atom. The molecule has 1 N–H and O–H groups in total. The van der Waals surface area contributed by atoms with Crippen molar-refractivity contribution in [2.45, 2.75) is 25.8 Å². The van der Waals surface area contributed by atoms with Crippen LogP contribution in [0.3, 0.4) is 0 Å². The Bertz CT molecular complexity index is 773. The van der Waals surface area contributed by atoms with Crippen molar-refractivity contribution >= 4 is 39.2 Å². The summed E-state index contributed by atoms with van der Waals surface area (Å²) >= 11 is 8.94. The van der Waals surface area contributed by atoms with E-state index < -0.39 is 0 Å². The molecule has 2 heterocycles. The number of nitrogens with zero attached hydrogens (tertiary/aromatic N) is 1. The van der Waals surface area contributed by atoms with Gasteiger partial charge in [0.15, 0.2) is 4.77 Å². The highest BCUT2D eigenvalue weighted by Crippen LogP contribution is 2.25. The Balaban J connectivity index is 1.89. The van der Waals surface area contributed by atoms with E-state index in [0.717, 1.165) is 38.9 Å². The average Bonchev–Trinajstić information content (AvgIpc) is 3.02. The van der Waals surface area contributed by atoms with Gasteiger partial charge in [0.2, 0.25) is 0 Å². The number of aryl methyl sites for hydroxylation is 1. The fourth-order valence-electron chi connectivity index (χ4n) is 2.48. The summed E-state index contributed by atoms with van der Waals surface area (Å²) in [7, 11) is 0. The summed E-state index contributed by atoms with van der Waals surface area (Å²) in [6.45, 7) is 2.19. The van der Waals surface area contributed by atoms with E-state index in [1.807, 2.05) is 18.2 Å². The summed E-state index contributed by atoms with van der Waals surface area (Å²) in [5.41, 5.74) is 2.21. The lowest BCUT2D eigenvalue weighted by molar-refractivity contribution is 0.455. The molecule has 1 atom stereocenters. The molecule has 0 aliphatic rings. The molecule has 5 heteroatoms. The minimum absolute atomic E-state index is 0.322. The van der Waals surface area contributed by atoms with Crippen molar-refractivity contribution < 1.29 is 4.42 Å². The van der Waals surface area contributed by atoms with Crippen LogP contribution >= 0.6 is 28.1 Å². The fraction of sp³-hybridized carbons (Fsp3) is 0.267. The number of rotatable bonds is 4. The maximum atomic E-state index is 5.46. The van der Waals surface area contributed by atoms with Crippen LogP contribution in [0.4, 0.5) is 0 Å². The van der Waals surface area contributed by atoms with Crippen molar-refractivity contribution in [1.29, 1.82) is 0 Å². The molecular formula is C15H15BrN2OS. The third kappa shape index (κ3) is 2.60. The molecule has 0 fully saturated rings. The van der Waals surface area contributed by atoms with Crippen LogP contribution in [0.2, 0.25) is 0 Å². The zero-order valence-electron chi connectivity index (χ0n) is 11.1. The maximum Gasteiger partial charge on any atom is 0.178 e. The number of fused-ring (bicyclic) bond motifs is 1. The van der Waals surface area contributed by atoms with Crippen LogP contribution in [-0.4, -0.2) is 9.55 Å². The Hall–Kier alpha value is -1.33. The largest absolute Gasteiger partial charge is 0.469 e. The van der Waals surface area contributed by atoms with Gasteiger partial charge >= 0.3 is 0 Å². The molecule has 3 nitrogen and oxygen atoms in total. The SMILES string of the molecule is CC(CCc1ccco1)n1c(=S)[nH]c2cc(Br)ccc21. The first kappa shape index (κ1) is 13.6. The van der Waals surface area contributed by atoms with Gasteiger partial charge in [-0.3, -0.25) is 0 Å². The van der Waals surface area contributed by atoms with E-state index in [0.29, 0.717) is 6.04 Å². The topological polar surface area (TPSA) is 33.9 Å². The summed E-state index contributed by atoms with van der Waals surface area (Å²) in [5, 5.41) is 0. The van der Waals surface area contributed by atoms with Crippen LogP contribution in [0.15, 0.2) is 45.5 Å². The standard InChI is InChI=1S/C15H15BrN2OS/c1-10(4-6-12-3-2-8-19-12)18-14-7-5-11(16)9-13(14)17-15(18)20/h2-3,5,7-10H,4,6H2,1H3,(H,17,20). The van der Waals surface area contributed by atoms with E-state index in [9.17, 15) is 0 Å². The Morgan fingerprint density at radius 1 is 1.40 bits per heavy atom. The zero-order valence-corrected chi connectivity index (χ0v) is 13.5. The smallest absolute Gasteiger partial charge is 0.178 e. The minimum Gasteiger partial charge on any atom is -0.469 e. The molecule has 104 valence electrons. The molecule has 1 aromatic carbocycles. The monoisotopic (exact) mass is 350 g/mol. The highest BCUT2D eigenvalue weighted by Gasteiger charge is 2.12. The lowest BCUT2D eigenvalue weighted by Gasteiger charge is -2.13. The van der Waals surface area contributed by atoms with Gasteiger partial charge in [0.25, 0.3) is 0 Å². The number of hydrogen-bond acceptors (Lipinski definition) is 2. The molecular weight excluding hydrogens is 336 g/mol. The van der Waals surface area contributed by atoms with Gasteiger partial charge in [0.1, 0.15) is 5.76 Å². The van der Waals surface area contributed by atoms with Crippen molar-refractivity contribution in [2.75, 3.05) is 0 Å². The summed E-state index contributed by atoms with van der Waals surface area (Å²) < 4.78 is 9.39. The van der Waals surface area contributed by atoms with Crippen LogP contribution < -0.4 is 0 Å². The number of hydrogen-bond donors (Lipinski definition) is 1. The molecule has 3 rings (SSSR count). The van der Waals surface area contributed by atoms with Crippen molar-refractivity contribution in [3.63, 3.8) is 0 Å². The molecule has 0 radical (unpaired) electrons. The van der Waals surface area contributed by atoms with E-state index >= 15 is 0 Å². The van der Waals surface area contributed by atoms with E-state index in [1.54, 1.807) is 6.26 Å². The van der Waals surface area contributed by atoms with Crippen LogP contribution in [0.5, 0.6) is 0 Å². The maximum absolute atomic E-state index is 5.46. The summed E-state index contributed by atoms with van der Waals surface area (Å²) in [6, 6.07) is 10.5. The molecule has 0 bridgehead atoms. The van der Waals surface area contributed by atoms with Gasteiger partial charge in [0.05, 0.1) is 17.3 Å². The number of aromatic amines is 1. The quantitative estimate of drug-likeness (QED) is 0.652. The highest BCUT2D eigenvalue weighted by molar-refractivity contribution is 9.10. The van der Waals surface area contributed by atoms with Crippen LogP contribution in [0.25, 0.3) is 11.0 Å². The molecule has 0 saturated carbocycles. The molecule has 20 heavy (non-hydrogen) atoms. The van der Waals surface area contributed by atoms with Gasteiger partial charge < -0.3 is 14.0 Å². The van der Waals surface area contributed by atoms with Crippen LogP contribution in [-0.2, 0) is 6.42 Å². The molecule has 0 aliphatic carbocycles. The number of benzene rings is 1. The molecule has 0 saturated heterocycles. The number of furan rings is 1. The predicted molar refractivity (Wildman–Crippen MR) is 86.6 cm³/mol. The number of imidazole rings is 1. The van der Waals surface area contributed by atoms with E-state index in [2.05, 4.69) is 44.5 Å². The van der Waals surface area contributed by atoms with Gasteiger partial charge in [-0.1, -0.05) is 15.9 Å². The van der Waals surface area contributed by atoms with Gasteiger partial charge in [0, 0.05) is 16.9 Å². The molecule has 1 unspecified atom stereocenters. The van der Waals surface area contributed by atoms with Gasteiger partial charge in [-0.15, -0.1) is 0 Å². The second-order valence-corrected chi connectivity index (χ2v) is 6.23. The number of aromatic nitrogens is 2. The molecule has 0 amide bonds. The summed E-state index contributed by atoms with van der Waals surface area (Å²) in [5.74, 6) is 1.02. The first-order valence-electron chi connectivity index (χ1n) is 6.57. The average molecular weight is 351 g/mol. The Kier molecular flexibility index (Phi) is 3.81. The fourth-order valence-corrected chi connectivity index (χ4v) is 3.23. The van der Waals surface area contributed by atoms with Crippen LogP contribution in [0, 0.1) is 4.77 Å². The lowest BCUT2D eigenvalue weighted by atomic mass is 10.1. The van der Waals surface area contributed by atoms with E-state index in [-0.39, 0.29) is 0 Å². The number of halogens is 1. The van der Waals surface area contributed by atoms with Gasteiger partial charge in [-0.05, 0) is 55.9 Å². The van der Waals surface area contributed by atoms with Crippen molar-refractivity contribution in [2.24, 2.45) is 0 Å². The summed E-state index contributed by atoms with van der Waals surface area (Å²) in [6.07, 6.45) is 3.62. The second-order valence-electron chi connectivity index (χ2n) is 4.93. The Labute approximate surface area is 130 Å². The first-order valence-corrected chi connectivity index (χ1v) is 7.77. The number of H-pyrrole nitrogens is 1. The zero-order chi connectivity index (χ0) is 14.1. The molecule has 2 aromatic heterocycles. The van der Waals surface area contributed by atoms with Crippen molar-refractivity contribution in [3.05, 3.63) is 51.6 Å². The van der Waals surface area contributed by atoms with Gasteiger partial charge in [-0.25, -0.2) is 0 Å². The molecule has 0 aliphatic heterocycles. The highest BCUT2D eigenvalue weighted by atomic mass is 79.9. The second kappa shape index (κ2) is 5.58.